The highest BCUT2D eigenvalue weighted by Gasteiger charge is 2.45. The number of halogens is 1. The third-order valence-corrected chi connectivity index (χ3v) is 4.87. The van der Waals surface area contributed by atoms with E-state index in [1.165, 1.54) is 5.56 Å². The minimum absolute atomic E-state index is 0.00263. The van der Waals surface area contributed by atoms with Crippen LogP contribution >= 0.6 is 15.9 Å². The number of hydrogen-bond donors (Lipinski definition) is 1. The first kappa shape index (κ1) is 14.5. The average molecular weight is 375 g/mol. The second-order valence-corrected chi connectivity index (χ2v) is 6.81. The van der Waals surface area contributed by atoms with Crippen LogP contribution in [-0.4, -0.2) is 24.2 Å². The van der Waals surface area contributed by atoms with Crippen LogP contribution in [0.3, 0.4) is 0 Å². The van der Waals surface area contributed by atoms with Gasteiger partial charge in [0.1, 0.15) is 5.69 Å². The van der Waals surface area contributed by atoms with Crippen LogP contribution in [0.4, 0.5) is 0 Å². The van der Waals surface area contributed by atoms with E-state index >= 15 is 0 Å². The van der Waals surface area contributed by atoms with Crippen LogP contribution in [0, 0.1) is 0 Å². The fourth-order valence-electron chi connectivity index (χ4n) is 2.81. The van der Waals surface area contributed by atoms with E-state index in [2.05, 4.69) is 32.3 Å². The lowest BCUT2D eigenvalue weighted by atomic mass is 9.95. The number of carbonyl (C=O) groups is 1. The Morgan fingerprint density at radius 1 is 1.22 bits per heavy atom. The molecule has 1 aliphatic carbocycles. The molecule has 4 rings (SSSR count). The summed E-state index contributed by atoms with van der Waals surface area (Å²) in [5.41, 5.74) is 1.60. The van der Waals surface area contributed by atoms with E-state index in [9.17, 15) is 4.79 Å². The molecule has 1 aromatic heterocycles. The minimum Gasteiger partial charge on any atom is -0.454 e. The number of pyridine rings is 1. The van der Waals surface area contributed by atoms with Crippen LogP contribution in [0.5, 0.6) is 11.5 Å². The van der Waals surface area contributed by atoms with Crippen LogP contribution in [0.25, 0.3) is 0 Å². The van der Waals surface area contributed by atoms with Gasteiger partial charge in [-0.3, -0.25) is 9.78 Å². The SMILES string of the molecule is O=C(NCC1(c2ccc3c(c2)OCO3)CC1)c1cc(Br)ccn1. The molecule has 0 bridgehead atoms. The van der Waals surface area contributed by atoms with Crippen molar-refractivity contribution in [2.75, 3.05) is 13.3 Å². The maximum absolute atomic E-state index is 12.3. The first-order valence-electron chi connectivity index (χ1n) is 7.46. The lowest BCUT2D eigenvalue weighted by molar-refractivity contribution is 0.0944. The van der Waals surface area contributed by atoms with Gasteiger partial charge in [-0.05, 0) is 42.7 Å². The van der Waals surface area contributed by atoms with Crippen molar-refractivity contribution >= 4 is 21.8 Å². The number of carbonyl (C=O) groups excluding carboxylic acids is 1. The fraction of sp³-hybridized carbons (Fsp3) is 0.294. The van der Waals surface area contributed by atoms with Gasteiger partial charge in [0, 0.05) is 22.6 Å². The molecule has 6 heteroatoms. The van der Waals surface area contributed by atoms with Crippen molar-refractivity contribution in [2.24, 2.45) is 0 Å². The van der Waals surface area contributed by atoms with Crippen LogP contribution in [0.15, 0.2) is 41.0 Å². The number of nitrogens with one attached hydrogen (secondary N) is 1. The Labute approximate surface area is 142 Å². The van der Waals surface area contributed by atoms with Crippen molar-refractivity contribution in [1.29, 1.82) is 0 Å². The maximum Gasteiger partial charge on any atom is 0.269 e. The van der Waals surface area contributed by atoms with Gasteiger partial charge >= 0.3 is 0 Å². The van der Waals surface area contributed by atoms with Gasteiger partial charge in [-0.15, -0.1) is 0 Å². The summed E-state index contributed by atoms with van der Waals surface area (Å²) >= 11 is 3.35. The van der Waals surface area contributed by atoms with Crippen molar-refractivity contribution in [3.05, 3.63) is 52.3 Å². The summed E-state index contributed by atoms with van der Waals surface area (Å²) in [6, 6.07) is 9.54. The van der Waals surface area contributed by atoms with E-state index in [4.69, 9.17) is 9.47 Å². The molecule has 1 aliphatic heterocycles. The first-order valence-corrected chi connectivity index (χ1v) is 8.26. The third-order valence-electron chi connectivity index (χ3n) is 4.38. The summed E-state index contributed by atoms with van der Waals surface area (Å²) in [6.45, 7) is 0.872. The molecule has 2 aliphatic rings. The summed E-state index contributed by atoms with van der Waals surface area (Å²) < 4.78 is 11.6. The number of nitrogens with zero attached hydrogens (tertiary/aromatic N) is 1. The molecule has 1 fully saturated rings. The predicted octanol–water partition coefficient (Wildman–Crippen LogP) is 3.03. The van der Waals surface area contributed by atoms with Crippen LogP contribution in [0.2, 0.25) is 0 Å². The molecule has 23 heavy (non-hydrogen) atoms. The number of hydrogen-bond acceptors (Lipinski definition) is 4. The van der Waals surface area contributed by atoms with Crippen molar-refractivity contribution in [3.8, 4) is 11.5 Å². The van der Waals surface area contributed by atoms with E-state index in [1.807, 2.05) is 12.1 Å². The number of aromatic nitrogens is 1. The molecule has 1 N–H and O–H groups in total. The minimum atomic E-state index is -0.154. The number of fused-ring (bicyclic) bond motifs is 1. The average Bonchev–Trinajstić information content (AvgIpc) is 3.21. The molecule has 5 nitrogen and oxygen atoms in total. The van der Waals surface area contributed by atoms with Crippen molar-refractivity contribution in [3.63, 3.8) is 0 Å². The highest BCUT2D eigenvalue weighted by atomic mass is 79.9. The van der Waals surface area contributed by atoms with Crippen LogP contribution in [0.1, 0.15) is 28.9 Å². The Kier molecular flexibility index (Phi) is 3.49. The van der Waals surface area contributed by atoms with E-state index in [1.54, 1.807) is 18.3 Å². The number of benzene rings is 1. The Hall–Kier alpha value is -2.08. The summed E-state index contributed by atoms with van der Waals surface area (Å²) in [4.78, 5) is 16.4. The zero-order valence-corrected chi connectivity index (χ0v) is 13.9. The van der Waals surface area contributed by atoms with E-state index in [-0.39, 0.29) is 18.1 Å². The molecule has 1 saturated carbocycles. The summed E-state index contributed by atoms with van der Waals surface area (Å²) in [7, 11) is 0. The Bertz CT molecular complexity index is 774. The first-order chi connectivity index (χ1) is 11.2. The smallest absolute Gasteiger partial charge is 0.269 e. The van der Waals surface area contributed by atoms with E-state index < -0.39 is 0 Å². The Morgan fingerprint density at radius 2 is 2.04 bits per heavy atom. The van der Waals surface area contributed by atoms with Gasteiger partial charge in [0.2, 0.25) is 6.79 Å². The standard InChI is InChI=1S/C17H15BrN2O3/c18-12-3-6-19-13(8-12)16(21)20-9-17(4-5-17)11-1-2-14-15(7-11)23-10-22-14/h1-3,6-8H,4-5,9-10H2,(H,20,21). The second kappa shape index (κ2) is 5.53. The summed E-state index contributed by atoms with van der Waals surface area (Å²) in [5, 5.41) is 3.00. The number of amides is 1. The summed E-state index contributed by atoms with van der Waals surface area (Å²) in [6.07, 6.45) is 3.72. The number of ether oxygens (including phenoxy) is 2. The lowest BCUT2D eigenvalue weighted by Gasteiger charge is -2.17. The van der Waals surface area contributed by atoms with E-state index in [0.29, 0.717) is 12.2 Å². The van der Waals surface area contributed by atoms with E-state index in [0.717, 1.165) is 28.8 Å². The molecule has 0 atom stereocenters. The van der Waals surface area contributed by atoms with Gasteiger partial charge in [-0.25, -0.2) is 0 Å². The molecular formula is C17H15BrN2O3. The van der Waals surface area contributed by atoms with Crippen molar-refractivity contribution in [2.45, 2.75) is 18.3 Å². The van der Waals surface area contributed by atoms with Gasteiger partial charge < -0.3 is 14.8 Å². The molecule has 2 heterocycles. The fourth-order valence-corrected chi connectivity index (χ4v) is 3.15. The zero-order chi connectivity index (χ0) is 15.9. The molecule has 1 amide bonds. The molecular weight excluding hydrogens is 360 g/mol. The van der Waals surface area contributed by atoms with Gasteiger partial charge in [-0.1, -0.05) is 22.0 Å². The molecule has 118 valence electrons. The topological polar surface area (TPSA) is 60.5 Å². The largest absolute Gasteiger partial charge is 0.454 e. The van der Waals surface area contributed by atoms with Gasteiger partial charge in [0.25, 0.3) is 5.91 Å². The predicted molar refractivity (Wildman–Crippen MR) is 87.7 cm³/mol. The van der Waals surface area contributed by atoms with Gasteiger partial charge in [0.05, 0.1) is 0 Å². The molecule has 0 saturated heterocycles. The molecule has 2 aromatic rings. The van der Waals surface area contributed by atoms with Crippen molar-refractivity contribution in [1.82, 2.24) is 10.3 Å². The summed E-state index contributed by atoms with van der Waals surface area (Å²) in [5.74, 6) is 1.42. The highest BCUT2D eigenvalue weighted by Crippen LogP contribution is 2.49. The Morgan fingerprint density at radius 3 is 2.83 bits per heavy atom. The third kappa shape index (κ3) is 2.79. The lowest BCUT2D eigenvalue weighted by Crippen LogP contribution is -2.32. The van der Waals surface area contributed by atoms with Gasteiger partial charge in [0.15, 0.2) is 11.5 Å². The van der Waals surface area contributed by atoms with Crippen LogP contribution in [-0.2, 0) is 5.41 Å². The number of rotatable bonds is 4. The molecule has 1 aromatic carbocycles. The monoisotopic (exact) mass is 374 g/mol. The van der Waals surface area contributed by atoms with Crippen molar-refractivity contribution < 1.29 is 14.3 Å². The normalized spacial score (nSPS) is 16.9. The van der Waals surface area contributed by atoms with Gasteiger partial charge in [-0.2, -0.15) is 0 Å². The second-order valence-electron chi connectivity index (χ2n) is 5.89. The Balaban J connectivity index is 1.47. The molecule has 0 radical (unpaired) electrons. The molecule has 0 spiro atoms. The quantitative estimate of drug-likeness (QED) is 0.893. The highest BCUT2D eigenvalue weighted by molar-refractivity contribution is 9.10. The zero-order valence-electron chi connectivity index (χ0n) is 12.3. The van der Waals surface area contributed by atoms with Crippen LogP contribution < -0.4 is 14.8 Å². The maximum atomic E-state index is 12.3. The molecule has 0 unspecified atom stereocenters.